The van der Waals surface area contributed by atoms with Crippen LogP contribution in [0.1, 0.15) is 5.56 Å². The number of hydrogen-bond donors (Lipinski definition) is 0. The van der Waals surface area contributed by atoms with E-state index in [1.165, 1.54) is 9.80 Å². The molecule has 0 spiro atoms. The van der Waals surface area contributed by atoms with Crippen LogP contribution in [0, 0.1) is 0 Å². The van der Waals surface area contributed by atoms with Gasteiger partial charge >= 0.3 is 6.09 Å². The molecule has 0 aromatic heterocycles. The maximum atomic E-state index is 13.0. The molecular formula is C24H39N3O8. The van der Waals surface area contributed by atoms with E-state index in [9.17, 15) is 14.4 Å². The Hall–Kier alpha value is -2.73. The topological polar surface area (TPSA) is 107 Å². The molecule has 35 heavy (non-hydrogen) atoms. The first-order valence-electron chi connectivity index (χ1n) is 11.4. The Bertz CT molecular complexity index is 685. The SMILES string of the molecule is COCCN(CCOC)C(=O)CN(CC(=O)N(CCOC)CCOC)C(=O)OCc1ccccc1. The van der Waals surface area contributed by atoms with Crippen molar-refractivity contribution in [2.24, 2.45) is 0 Å². The first kappa shape index (κ1) is 30.3. The van der Waals surface area contributed by atoms with Gasteiger partial charge in [0, 0.05) is 54.6 Å². The number of rotatable bonds is 18. The summed E-state index contributed by atoms with van der Waals surface area (Å²) in [7, 11) is 6.16. The molecule has 0 saturated carbocycles. The Labute approximate surface area is 207 Å². The largest absolute Gasteiger partial charge is 0.445 e. The summed E-state index contributed by atoms with van der Waals surface area (Å²) in [4.78, 5) is 43.2. The van der Waals surface area contributed by atoms with E-state index in [1.807, 2.05) is 30.3 Å². The van der Waals surface area contributed by atoms with Crippen molar-refractivity contribution in [2.45, 2.75) is 6.61 Å². The van der Waals surface area contributed by atoms with Gasteiger partial charge in [-0.25, -0.2) is 4.79 Å². The fourth-order valence-corrected chi connectivity index (χ4v) is 3.05. The molecule has 198 valence electrons. The molecule has 0 aliphatic carbocycles. The Morgan fingerprint density at radius 1 is 0.629 bits per heavy atom. The van der Waals surface area contributed by atoms with Crippen LogP contribution in [0.2, 0.25) is 0 Å². The fourth-order valence-electron chi connectivity index (χ4n) is 3.05. The molecule has 11 heteroatoms. The monoisotopic (exact) mass is 497 g/mol. The van der Waals surface area contributed by atoms with Crippen LogP contribution in [0.5, 0.6) is 0 Å². The average Bonchev–Trinajstić information content (AvgIpc) is 2.87. The van der Waals surface area contributed by atoms with Crippen molar-refractivity contribution >= 4 is 17.9 Å². The first-order valence-corrected chi connectivity index (χ1v) is 11.4. The summed E-state index contributed by atoms with van der Waals surface area (Å²) >= 11 is 0. The highest BCUT2D eigenvalue weighted by molar-refractivity contribution is 5.86. The van der Waals surface area contributed by atoms with Crippen molar-refractivity contribution in [3.05, 3.63) is 35.9 Å². The van der Waals surface area contributed by atoms with Gasteiger partial charge in [-0.3, -0.25) is 14.5 Å². The lowest BCUT2D eigenvalue weighted by Crippen LogP contribution is -2.49. The quantitative estimate of drug-likeness (QED) is 0.294. The second-order valence-corrected chi connectivity index (χ2v) is 7.63. The molecule has 11 nitrogen and oxygen atoms in total. The summed E-state index contributed by atoms with van der Waals surface area (Å²) in [5.41, 5.74) is 0.794. The highest BCUT2D eigenvalue weighted by Crippen LogP contribution is 2.06. The van der Waals surface area contributed by atoms with E-state index < -0.39 is 6.09 Å². The van der Waals surface area contributed by atoms with Crippen LogP contribution in [0.15, 0.2) is 30.3 Å². The second kappa shape index (κ2) is 18.6. The lowest BCUT2D eigenvalue weighted by Gasteiger charge is -2.29. The Kier molecular flexibility index (Phi) is 16.1. The Morgan fingerprint density at radius 2 is 1.03 bits per heavy atom. The zero-order valence-electron chi connectivity index (χ0n) is 21.3. The zero-order valence-corrected chi connectivity index (χ0v) is 21.3. The van der Waals surface area contributed by atoms with Crippen LogP contribution >= 0.6 is 0 Å². The van der Waals surface area contributed by atoms with Gasteiger partial charge in [0.1, 0.15) is 19.7 Å². The zero-order chi connectivity index (χ0) is 25.9. The Morgan fingerprint density at radius 3 is 1.40 bits per heavy atom. The van der Waals surface area contributed by atoms with Crippen molar-refractivity contribution in [2.75, 3.05) is 94.1 Å². The standard InChI is InChI=1S/C24H39N3O8/c1-31-14-10-25(11-15-32-2)22(28)18-27(24(30)35-20-21-8-6-5-7-9-21)19-23(29)26(12-16-33-3)13-17-34-4/h5-9H,10-20H2,1-4H3. The molecular weight excluding hydrogens is 458 g/mol. The first-order chi connectivity index (χ1) is 17.0. The van der Waals surface area contributed by atoms with Crippen LogP contribution in [0.4, 0.5) is 4.79 Å². The van der Waals surface area contributed by atoms with Gasteiger partial charge in [-0.05, 0) is 5.56 Å². The molecule has 0 heterocycles. The van der Waals surface area contributed by atoms with Crippen molar-refractivity contribution in [1.82, 2.24) is 14.7 Å². The number of methoxy groups -OCH3 is 4. The molecule has 0 aliphatic heterocycles. The summed E-state index contributed by atoms with van der Waals surface area (Å²) < 4.78 is 25.8. The summed E-state index contributed by atoms with van der Waals surface area (Å²) in [6, 6.07) is 9.17. The van der Waals surface area contributed by atoms with Crippen molar-refractivity contribution < 1.29 is 38.1 Å². The van der Waals surface area contributed by atoms with Gasteiger partial charge in [0.05, 0.1) is 26.4 Å². The van der Waals surface area contributed by atoms with Gasteiger partial charge in [-0.1, -0.05) is 30.3 Å². The third-order valence-corrected chi connectivity index (χ3v) is 5.08. The third-order valence-electron chi connectivity index (χ3n) is 5.08. The molecule has 1 aromatic rings. The third kappa shape index (κ3) is 12.5. The van der Waals surface area contributed by atoms with E-state index in [-0.39, 0.29) is 31.5 Å². The molecule has 0 fully saturated rings. The van der Waals surface area contributed by atoms with Gasteiger partial charge in [0.2, 0.25) is 11.8 Å². The highest BCUT2D eigenvalue weighted by Gasteiger charge is 2.26. The van der Waals surface area contributed by atoms with Crippen molar-refractivity contribution in [3.63, 3.8) is 0 Å². The number of carbonyl (C=O) groups is 3. The highest BCUT2D eigenvalue weighted by atomic mass is 16.6. The molecule has 0 atom stereocenters. The molecule has 0 aliphatic rings. The molecule has 0 saturated heterocycles. The van der Waals surface area contributed by atoms with E-state index >= 15 is 0 Å². The van der Waals surface area contributed by atoms with Crippen LogP contribution in [0.3, 0.4) is 0 Å². The molecule has 3 amide bonds. The lowest BCUT2D eigenvalue weighted by atomic mass is 10.2. The van der Waals surface area contributed by atoms with Crippen LogP contribution in [-0.4, -0.2) is 127 Å². The minimum Gasteiger partial charge on any atom is -0.445 e. The fraction of sp³-hybridized carbons (Fsp3) is 0.625. The molecule has 0 bridgehead atoms. The van der Waals surface area contributed by atoms with Crippen LogP contribution in [-0.2, 0) is 39.9 Å². The van der Waals surface area contributed by atoms with Gasteiger partial charge in [0.15, 0.2) is 0 Å². The maximum Gasteiger partial charge on any atom is 0.411 e. The number of hydrogen-bond acceptors (Lipinski definition) is 8. The molecule has 1 rings (SSSR count). The number of carbonyl (C=O) groups excluding carboxylic acids is 3. The van der Waals surface area contributed by atoms with Gasteiger partial charge in [0.25, 0.3) is 0 Å². The van der Waals surface area contributed by atoms with E-state index in [2.05, 4.69) is 0 Å². The molecule has 0 unspecified atom stereocenters. The summed E-state index contributed by atoms with van der Waals surface area (Å²) in [6.07, 6.45) is -0.757. The normalized spacial score (nSPS) is 10.6. The molecule has 0 N–H and O–H groups in total. The van der Waals surface area contributed by atoms with Crippen molar-refractivity contribution in [3.8, 4) is 0 Å². The minimum absolute atomic E-state index is 0.0205. The average molecular weight is 498 g/mol. The maximum absolute atomic E-state index is 13.0. The molecule has 1 aromatic carbocycles. The number of ether oxygens (including phenoxy) is 5. The smallest absolute Gasteiger partial charge is 0.411 e. The van der Waals surface area contributed by atoms with E-state index in [0.717, 1.165) is 10.5 Å². The summed E-state index contributed by atoms with van der Waals surface area (Å²) in [5, 5.41) is 0. The van der Waals surface area contributed by atoms with Gasteiger partial charge in [-0.2, -0.15) is 0 Å². The predicted molar refractivity (Wildman–Crippen MR) is 129 cm³/mol. The lowest BCUT2D eigenvalue weighted by molar-refractivity contribution is -0.136. The van der Waals surface area contributed by atoms with E-state index in [1.54, 1.807) is 28.4 Å². The second-order valence-electron chi connectivity index (χ2n) is 7.63. The predicted octanol–water partition coefficient (Wildman–Crippen LogP) is 0.868. The van der Waals surface area contributed by atoms with Gasteiger partial charge < -0.3 is 33.5 Å². The van der Waals surface area contributed by atoms with Crippen LogP contribution in [0.25, 0.3) is 0 Å². The van der Waals surface area contributed by atoms with Crippen LogP contribution < -0.4 is 0 Å². The number of nitrogens with zero attached hydrogens (tertiary/aromatic N) is 3. The molecule has 0 radical (unpaired) electrons. The van der Waals surface area contributed by atoms with Crippen molar-refractivity contribution in [1.29, 1.82) is 0 Å². The Balaban J connectivity index is 2.97. The number of amides is 3. The van der Waals surface area contributed by atoms with E-state index in [0.29, 0.717) is 52.6 Å². The van der Waals surface area contributed by atoms with Gasteiger partial charge in [-0.15, -0.1) is 0 Å². The number of benzene rings is 1. The minimum atomic E-state index is -0.757. The van der Waals surface area contributed by atoms with E-state index in [4.69, 9.17) is 23.7 Å². The summed E-state index contributed by atoms with van der Waals surface area (Å²) in [5.74, 6) is -0.687. The summed E-state index contributed by atoms with van der Waals surface area (Å²) in [6.45, 7) is 1.99.